The second kappa shape index (κ2) is 14.7. The first-order valence-corrected chi connectivity index (χ1v) is 14.6. The van der Waals surface area contributed by atoms with Crippen molar-refractivity contribution < 1.29 is 14.3 Å². The number of ether oxygens (including phenoxy) is 1. The fraction of sp³-hybridized carbons (Fsp3) is 0.355. The third-order valence-corrected chi connectivity index (χ3v) is 7.94. The van der Waals surface area contributed by atoms with Crippen molar-refractivity contribution in [3.8, 4) is 5.75 Å². The molecule has 0 spiro atoms. The van der Waals surface area contributed by atoms with E-state index in [1.165, 1.54) is 0 Å². The van der Waals surface area contributed by atoms with E-state index in [2.05, 4.69) is 35.1 Å². The highest BCUT2D eigenvalue weighted by molar-refractivity contribution is 9.10. The normalized spacial score (nSPS) is 12.6. The molecule has 8 heteroatoms. The monoisotopic (exact) mass is 632 g/mol. The average molecular weight is 634 g/mol. The molecule has 0 fully saturated rings. The molecule has 3 aromatic rings. The summed E-state index contributed by atoms with van der Waals surface area (Å²) in [5, 5.41) is 3.87. The number of carbonyl (C=O) groups is 2. The summed E-state index contributed by atoms with van der Waals surface area (Å²) in [6.45, 7) is 8.12. The number of nitrogens with zero attached hydrogens (tertiary/aromatic N) is 1. The summed E-state index contributed by atoms with van der Waals surface area (Å²) in [6, 6.07) is 19.9. The van der Waals surface area contributed by atoms with Gasteiger partial charge in [0, 0.05) is 19.0 Å². The molecule has 3 aromatic carbocycles. The molecule has 208 valence electrons. The van der Waals surface area contributed by atoms with Crippen LogP contribution >= 0.6 is 39.1 Å². The lowest BCUT2D eigenvalue weighted by Gasteiger charge is -2.32. The van der Waals surface area contributed by atoms with Crippen molar-refractivity contribution in [1.29, 1.82) is 0 Å². The van der Waals surface area contributed by atoms with E-state index in [0.717, 1.165) is 27.6 Å². The summed E-state index contributed by atoms with van der Waals surface area (Å²) in [4.78, 5) is 29.0. The molecule has 2 amide bonds. The highest BCUT2D eigenvalue weighted by Gasteiger charge is 2.31. The Kier molecular flexibility index (Phi) is 11.7. The number of hydrogen-bond acceptors (Lipinski definition) is 3. The summed E-state index contributed by atoms with van der Waals surface area (Å²) in [6.07, 6.45) is 1.12. The van der Waals surface area contributed by atoms with Gasteiger partial charge in [0.2, 0.25) is 5.91 Å². The van der Waals surface area contributed by atoms with Crippen molar-refractivity contribution in [1.82, 2.24) is 10.2 Å². The average Bonchev–Trinajstić information content (AvgIpc) is 2.92. The van der Waals surface area contributed by atoms with Gasteiger partial charge in [-0.2, -0.15) is 0 Å². The molecule has 0 radical (unpaired) electrons. The number of carbonyl (C=O) groups excluding carboxylic acids is 2. The Hall–Kier alpha value is -2.54. The molecule has 1 N–H and O–H groups in total. The van der Waals surface area contributed by atoms with Gasteiger partial charge in [-0.3, -0.25) is 9.59 Å². The van der Waals surface area contributed by atoms with Crippen LogP contribution in [0.3, 0.4) is 0 Å². The van der Waals surface area contributed by atoms with E-state index in [1.54, 1.807) is 17.0 Å². The Bertz CT molecular complexity index is 1270. The lowest BCUT2D eigenvalue weighted by atomic mass is 10.0. The summed E-state index contributed by atoms with van der Waals surface area (Å²) >= 11 is 16.0. The Morgan fingerprint density at radius 1 is 0.949 bits per heavy atom. The van der Waals surface area contributed by atoms with Crippen molar-refractivity contribution in [2.24, 2.45) is 0 Å². The Morgan fingerprint density at radius 3 is 2.28 bits per heavy atom. The van der Waals surface area contributed by atoms with Gasteiger partial charge in [0.1, 0.15) is 11.8 Å². The number of amides is 2. The van der Waals surface area contributed by atoms with E-state index in [9.17, 15) is 9.59 Å². The largest absolute Gasteiger partial charge is 0.483 e. The number of benzene rings is 3. The third kappa shape index (κ3) is 8.99. The smallest absolute Gasteiger partial charge is 0.261 e. The molecule has 0 aliphatic heterocycles. The van der Waals surface area contributed by atoms with Crippen molar-refractivity contribution in [2.45, 2.75) is 65.1 Å². The standard InChI is InChI=1S/C31H35BrCl2N2O3/c1-5-21(4)35-31(38)28(16-22-9-7-6-8-10-22)36(18-23-11-13-26(33)27(34)15-23)30(37)19-39-29-14-12-24(20(2)3)17-25(29)32/h6-15,17,20-21,28H,5,16,18-19H2,1-4H3,(H,35,38)/t21-,28-/m0/s1. The molecule has 0 aliphatic carbocycles. The predicted molar refractivity (Wildman–Crippen MR) is 163 cm³/mol. The van der Waals surface area contributed by atoms with Crippen LogP contribution in [0.5, 0.6) is 5.75 Å². The molecule has 5 nitrogen and oxygen atoms in total. The molecule has 39 heavy (non-hydrogen) atoms. The summed E-state index contributed by atoms with van der Waals surface area (Å²) < 4.78 is 6.73. The predicted octanol–water partition coefficient (Wildman–Crippen LogP) is 7.81. The third-order valence-electron chi connectivity index (χ3n) is 6.58. The van der Waals surface area contributed by atoms with Crippen LogP contribution in [0.2, 0.25) is 10.0 Å². The molecule has 0 heterocycles. The van der Waals surface area contributed by atoms with E-state index in [4.69, 9.17) is 27.9 Å². The fourth-order valence-corrected chi connectivity index (χ4v) is 4.88. The maximum absolute atomic E-state index is 13.8. The van der Waals surface area contributed by atoms with Crippen LogP contribution in [-0.2, 0) is 22.6 Å². The van der Waals surface area contributed by atoms with Crippen LogP contribution in [0.4, 0.5) is 0 Å². The first-order chi connectivity index (χ1) is 18.6. The summed E-state index contributed by atoms with van der Waals surface area (Å²) in [5.41, 5.74) is 2.86. The molecule has 0 aliphatic rings. The molecule has 0 unspecified atom stereocenters. The van der Waals surface area contributed by atoms with E-state index in [0.29, 0.717) is 28.1 Å². The number of hydrogen-bond donors (Lipinski definition) is 1. The zero-order valence-electron chi connectivity index (χ0n) is 22.7. The minimum atomic E-state index is -0.765. The van der Waals surface area contributed by atoms with Gasteiger partial charge < -0.3 is 15.0 Å². The Morgan fingerprint density at radius 2 is 1.67 bits per heavy atom. The van der Waals surface area contributed by atoms with Gasteiger partial charge in [-0.1, -0.05) is 86.4 Å². The number of rotatable bonds is 12. The van der Waals surface area contributed by atoms with Crippen LogP contribution in [-0.4, -0.2) is 35.4 Å². The SMILES string of the molecule is CC[C@H](C)NC(=O)[C@H](Cc1ccccc1)N(Cc1ccc(Cl)c(Cl)c1)C(=O)COc1ccc(C(C)C)cc1Br. The lowest BCUT2D eigenvalue weighted by molar-refractivity contribution is -0.143. The molecule has 0 aromatic heterocycles. The van der Waals surface area contributed by atoms with Crippen molar-refractivity contribution in [3.05, 3.63) is 97.9 Å². The van der Waals surface area contributed by atoms with Gasteiger partial charge in [-0.25, -0.2) is 0 Å². The maximum Gasteiger partial charge on any atom is 0.261 e. The summed E-state index contributed by atoms with van der Waals surface area (Å²) in [7, 11) is 0. The van der Waals surface area contributed by atoms with E-state index in [-0.39, 0.29) is 31.0 Å². The van der Waals surface area contributed by atoms with Gasteiger partial charge >= 0.3 is 0 Å². The summed E-state index contributed by atoms with van der Waals surface area (Å²) in [5.74, 6) is 0.387. The Balaban J connectivity index is 1.94. The van der Waals surface area contributed by atoms with Crippen LogP contribution in [0, 0.1) is 0 Å². The minimum absolute atomic E-state index is 0.0376. The Labute approximate surface area is 250 Å². The van der Waals surface area contributed by atoms with Gasteiger partial charge in [-0.15, -0.1) is 0 Å². The van der Waals surface area contributed by atoms with Gasteiger partial charge in [0.05, 0.1) is 14.5 Å². The van der Waals surface area contributed by atoms with Crippen molar-refractivity contribution >= 4 is 50.9 Å². The first kappa shape index (κ1) is 31.0. The zero-order valence-corrected chi connectivity index (χ0v) is 25.8. The van der Waals surface area contributed by atoms with Gasteiger partial charge in [0.25, 0.3) is 5.91 Å². The number of nitrogens with one attached hydrogen (secondary N) is 1. The quantitative estimate of drug-likeness (QED) is 0.221. The van der Waals surface area contributed by atoms with Crippen LogP contribution < -0.4 is 10.1 Å². The molecule has 3 rings (SSSR count). The second-order valence-corrected chi connectivity index (χ2v) is 11.6. The fourth-order valence-electron chi connectivity index (χ4n) is 4.05. The van der Waals surface area contributed by atoms with Gasteiger partial charge in [0.15, 0.2) is 6.61 Å². The van der Waals surface area contributed by atoms with Crippen LogP contribution in [0.15, 0.2) is 71.2 Å². The molecular formula is C31H35BrCl2N2O3. The highest BCUT2D eigenvalue weighted by atomic mass is 79.9. The van der Waals surface area contributed by atoms with E-state index in [1.807, 2.05) is 68.4 Å². The molecule has 0 saturated carbocycles. The zero-order chi connectivity index (χ0) is 28.5. The van der Waals surface area contributed by atoms with Crippen LogP contribution in [0.25, 0.3) is 0 Å². The van der Waals surface area contributed by atoms with E-state index < -0.39 is 6.04 Å². The van der Waals surface area contributed by atoms with Crippen LogP contribution in [0.1, 0.15) is 56.7 Å². The van der Waals surface area contributed by atoms with Crippen molar-refractivity contribution in [2.75, 3.05) is 6.61 Å². The molecule has 0 bridgehead atoms. The number of halogens is 3. The second-order valence-electron chi connectivity index (χ2n) is 9.93. The topological polar surface area (TPSA) is 58.6 Å². The minimum Gasteiger partial charge on any atom is -0.483 e. The first-order valence-electron chi connectivity index (χ1n) is 13.1. The molecule has 2 atom stereocenters. The van der Waals surface area contributed by atoms with Crippen molar-refractivity contribution in [3.63, 3.8) is 0 Å². The molecule has 0 saturated heterocycles. The maximum atomic E-state index is 13.8. The van der Waals surface area contributed by atoms with E-state index >= 15 is 0 Å². The van der Waals surface area contributed by atoms with Gasteiger partial charge in [-0.05, 0) is 76.1 Å². The molecular weight excluding hydrogens is 599 g/mol. The lowest BCUT2D eigenvalue weighted by Crippen LogP contribution is -2.53. The highest BCUT2D eigenvalue weighted by Crippen LogP contribution is 2.29.